The van der Waals surface area contributed by atoms with Gasteiger partial charge in [0.2, 0.25) is 0 Å². The van der Waals surface area contributed by atoms with Gasteiger partial charge in [-0.3, -0.25) is 4.68 Å². The molecule has 72 valence electrons. The maximum absolute atomic E-state index is 5.69. The van der Waals surface area contributed by atoms with E-state index < -0.39 is 0 Å². The Bertz CT molecular complexity index is 314. The van der Waals surface area contributed by atoms with Gasteiger partial charge in [-0.05, 0) is 44.2 Å². The highest BCUT2D eigenvalue weighted by Gasteiger charge is 2.22. The lowest BCUT2D eigenvalue weighted by molar-refractivity contribution is 0.457. The number of nitrogens with zero attached hydrogens (tertiary/aromatic N) is 2. The Morgan fingerprint density at radius 3 is 3.08 bits per heavy atom. The SMILES string of the molecule is Cc1nn(C)c2c1CC(CN)CC2. The molecule has 0 saturated carbocycles. The predicted octanol–water partition coefficient (Wildman–Crippen LogP) is 0.792. The third-order valence-electron chi connectivity index (χ3n) is 3.09. The summed E-state index contributed by atoms with van der Waals surface area (Å²) in [4.78, 5) is 0. The van der Waals surface area contributed by atoms with Crippen LogP contribution in [0, 0.1) is 12.8 Å². The number of hydrogen-bond donors (Lipinski definition) is 1. The summed E-state index contributed by atoms with van der Waals surface area (Å²) in [6.07, 6.45) is 3.50. The van der Waals surface area contributed by atoms with Crippen molar-refractivity contribution in [1.29, 1.82) is 0 Å². The molecule has 1 unspecified atom stereocenters. The third-order valence-corrected chi connectivity index (χ3v) is 3.09. The van der Waals surface area contributed by atoms with Crippen molar-refractivity contribution in [3.63, 3.8) is 0 Å². The molecule has 1 aromatic rings. The van der Waals surface area contributed by atoms with Crippen LogP contribution in [0.4, 0.5) is 0 Å². The van der Waals surface area contributed by atoms with Crippen molar-refractivity contribution in [3.05, 3.63) is 17.0 Å². The molecule has 0 amide bonds. The summed E-state index contributed by atoms with van der Waals surface area (Å²) in [6.45, 7) is 2.91. The van der Waals surface area contributed by atoms with Gasteiger partial charge in [0.05, 0.1) is 5.69 Å². The smallest absolute Gasteiger partial charge is 0.0628 e. The summed E-state index contributed by atoms with van der Waals surface area (Å²) in [7, 11) is 2.04. The van der Waals surface area contributed by atoms with Gasteiger partial charge in [0.15, 0.2) is 0 Å². The fourth-order valence-electron chi connectivity index (χ4n) is 2.26. The maximum atomic E-state index is 5.69. The lowest BCUT2D eigenvalue weighted by Gasteiger charge is -2.21. The Balaban J connectivity index is 2.33. The van der Waals surface area contributed by atoms with Crippen LogP contribution in [0.25, 0.3) is 0 Å². The maximum Gasteiger partial charge on any atom is 0.0628 e. The Kier molecular flexibility index (Phi) is 2.12. The molecule has 2 N–H and O–H groups in total. The van der Waals surface area contributed by atoms with Gasteiger partial charge in [-0.25, -0.2) is 0 Å². The molecule has 2 rings (SSSR count). The average Bonchev–Trinajstić information content (AvgIpc) is 2.42. The van der Waals surface area contributed by atoms with Crippen LogP contribution in [0.3, 0.4) is 0 Å². The van der Waals surface area contributed by atoms with E-state index in [1.807, 2.05) is 11.7 Å². The Morgan fingerprint density at radius 2 is 2.38 bits per heavy atom. The number of fused-ring (bicyclic) bond motifs is 1. The predicted molar refractivity (Wildman–Crippen MR) is 52.5 cm³/mol. The number of nitrogens with two attached hydrogens (primary N) is 1. The second kappa shape index (κ2) is 3.14. The van der Waals surface area contributed by atoms with Crippen LogP contribution in [0.2, 0.25) is 0 Å². The first kappa shape index (κ1) is 8.75. The summed E-state index contributed by atoms with van der Waals surface area (Å²) >= 11 is 0. The average molecular weight is 179 g/mol. The van der Waals surface area contributed by atoms with Crippen molar-refractivity contribution in [1.82, 2.24) is 9.78 Å². The highest BCUT2D eigenvalue weighted by atomic mass is 15.3. The number of aryl methyl sites for hydroxylation is 2. The molecule has 3 nitrogen and oxygen atoms in total. The minimum Gasteiger partial charge on any atom is -0.330 e. The second-order valence-corrected chi connectivity index (χ2v) is 3.98. The van der Waals surface area contributed by atoms with E-state index in [9.17, 15) is 0 Å². The third kappa shape index (κ3) is 1.37. The molecule has 1 aliphatic carbocycles. The lowest BCUT2D eigenvalue weighted by Crippen LogP contribution is -2.22. The van der Waals surface area contributed by atoms with Gasteiger partial charge < -0.3 is 5.73 Å². The van der Waals surface area contributed by atoms with Gasteiger partial charge in [0.25, 0.3) is 0 Å². The number of hydrogen-bond acceptors (Lipinski definition) is 2. The first-order valence-electron chi connectivity index (χ1n) is 4.93. The molecule has 0 aliphatic heterocycles. The largest absolute Gasteiger partial charge is 0.330 e. The van der Waals surface area contributed by atoms with E-state index in [1.165, 1.54) is 23.4 Å². The molecular formula is C10H17N3. The topological polar surface area (TPSA) is 43.8 Å². The first-order chi connectivity index (χ1) is 6.22. The molecule has 0 aromatic carbocycles. The summed E-state index contributed by atoms with van der Waals surface area (Å²) < 4.78 is 2.03. The lowest BCUT2D eigenvalue weighted by atomic mass is 9.86. The normalized spacial score (nSPS) is 21.6. The van der Waals surface area contributed by atoms with Crippen molar-refractivity contribution in [2.75, 3.05) is 6.54 Å². The van der Waals surface area contributed by atoms with Crippen LogP contribution in [-0.4, -0.2) is 16.3 Å². The molecule has 1 atom stereocenters. The summed E-state index contributed by atoms with van der Waals surface area (Å²) in [5.74, 6) is 0.676. The molecule has 0 bridgehead atoms. The van der Waals surface area contributed by atoms with Gasteiger partial charge >= 0.3 is 0 Å². The van der Waals surface area contributed by atoms with E-state index in [4.69, 9.17) is 5.73 Å². The number of aromatic nitrogens is 2. The van der Waals surface area contributed by atoms with Crippen LogP contribution in [0.15, 0.2) is 0 Å². The van der Waals surface area contributed by atoms with Gasteiger partial charge in [-0.2, -0.15) is 5.10 Å². The van der Waals surface area contributed by atoms with E-state index in [0.29, 0.717) is 5.92 Å². The standard InChI is InChI=1S/C10H17N3/c1-7-9-5-8(6-11)3-4-10(9)13(2)12-7/h8H,3-6,11H2,1-2H3. The van der Waals surface area contributed by atoms with Crippen molar-refractivity contribution in [3.8, 4) is 0 Å². The molecule has 1 aromatic heterocycles. The molecule has 0 radical (unpaired) electrons. The van der Waals surface area contributed by atoms with E-state index in [1.54, 1.807) is 0 Å². The summed E-state index contributed by atoms with van der Waals surface area (Å²) in [6, 6.07) is 0. The Morgan fingerprint density at radius 1 is 1.62 bits per heavy atom. The fourth-order valence-corrected chi connectivity index (χ4v) is 2.26. The zero-order valence-electron chi connectivity index (χ0n) is 8.38. The molecule has 3 heteroatoms. The Hall–Kier alpha value is -0.830. The highest BCUT2D eigenvalue weighted by Crippen LogP contribution is 2.26. The van der Waals surface area contributed by atoms with Crippen LogP contribution >= 0.6 is 0 Å². The number of rotatable bonds is 1. The van der Waals surface area contributed by atoms with E-state index in [-0.39, 0.29) is 0 Å². The zero-order chi connectivity index (χ0) is 9.42. The summed E-state index contributed by atoms with van der Waals surface area (Å²) in [5.41, 5.74) is 9.75. The quantitative estimate of drug-likeness (QED) is 0.692. The van der Waals surface area contributed by atoms with Crippen molar-refractivity contribution in [2.45, 2.75) is 26.2 Å². The van der Waals surface area contributed by atoms with Gasteiger partial charge in [0, 0.05) is 12.7 Å². The molecule has 0 saturated heterocycles. The minimum atomic E-state index is 0.676. The first-order valence-corrected chi connectivity index (χ1v) is 4.93. The van der Waals surface area contributed by atoms with E-state index in [0.717, 1.165) is 19.4 Å². The summed E-state index contributed by atoms with van der Waals surface area (Å²) in [5, 5.41) is 4.44. The molecule has 1 heterocycles. The highest BCUT2D eigenvalue weighted by molar-refractivity contribution is 5.28. The van der Waals surface area contributed by atoms with Crippen LogP contribution in [-0.2, 0) is 19.9 Å². The van der Waals surface area contributed by atoms with Gasteiger partial charge in [0.1, 0.15) is 0 Å². The molecule has 0 spiro atoms. The molecule has 13 heavy (non-hydrogen) atoms. The monoisotopic (exact) mass is 179 g/mol. The second-order valence-electron chi connectivity index (χ2n) is 3.98. The zero-order valence-corrected chi connectivity index (χ0v) is 8.38. The molecular weight excluding hydrogens is 162 g/mol. The van der Waals surface area contributed by atoms with Gasteiger partial charge in [-0.15, -0.1) is 0 Å². The van der Waals surface area contributed by atoms with Crippen LogP contribution in [0.5, 0.6) is 0 Å². The van der Waals surface area contributed by atoms with Crippen LogP contribution in [0.1, 0.15) is 23.4 Å². The van der Waals surface area contributed by atoms with Crippen LogP contribution < -0.4 is 5.73 Å². The van der Waals surface area contributed by atoms with Crippen molar-refractivity contribution < 1.29 is 0 Å². The van der Waals surface area contributed by atoms with Gasteiger partial charge in [-0.1, -0.05) is 0 Å². The van der Waals surface area contributed by atoms with Crippen molar-refractivity contribution >= 4 is 0 Å². The van der Waals surface area contributed by atoms with Crippen molar-refractivity contribution in [2.24, 2.45) is 18.7 Å². The molecule has 0 fully saturated rings. The fraction of sp³-hybridized carbons (Fsp3) is 0.700. The van der Waals surface area contributed by atoms with E-state index >= 15 is 0 Å². The van der Waals surface area contributed by atoms with E-state index in [2.05, 4.69) is 12.0 Å². The molecule has 1 aliphatic rings. The minimum absolute atomic E-state index is 0.676. The Labute approximate surface area is 78.9 Å².